The molecule has 0 aliphatic carbocycles. The zero-order chi connectivity index (χ0) is 17.9. The van der Waals surface area contributed by atoms with Crippen molar-refractivity contribution >= 4 is 17.3 Å². The minimum atomic E-state index is 0.822. The molecule has 0 atom stereocenters. The summed E-state index contributed by atoms with van der Waals surface area (Å²) in [6, 6.07) is 4.24. The molecule has 26 heavy (non-hydrogen) atoms. The minimum Gasteiger partial charge on any atom is -0.367 e. The van der Waals surface area contributed by atoms with E-state index in [4.69, 9.17) is 4.98 Å². The molecule has 1 aliphatic rings. The Morgan fingerprint density at radius 3 is 2.62 bits per heavy atom. The largest absolute Gasteiger partial charge is 0.367 e. The predicted molar refractivity (Wildman–Crippen MR) is 105 cm³/mol. The van der Waals surface area contributed by atoms with Gasteiger partial charge in [0.1, 0.15) is 5.82 Å². The van der Waals surface area contributed by atoms with Crippen molar-refractivity contribution in [3.8, 4) is 11.3 Å². The van der Waals surface area contributed by atoms with E-state index in [1.165, 1.54) is 0 Å². The molecule has 1 N–H and O–H groups in total. The van der Waals surface area contributed by atoms with E-state index in [0.29, 0.717) is 0 Å². The lowest BCUT2D eigenvalue weighted by Gasteiger charge is -2.33. The van der Waals surface area contributed by atoms with Crippen LogP contribution < -0.4 is 10.2 Å². The molecule has 0 bridgehead atoms. The summed E-state index contributed by atoms with van der Waals surface area (Å²) in [5, 5.41) is 3.34. The van der Waals surface area contributed by atoms with Crippen molar-refractivity contribution in [2.45, 2.75) is 13.3 Å². The molecule has 7 heteroatoms. The third-order valence-corrected chi connectivity index (χ3v) is 4.84. The first-order chi connectivity index (χ1) is 12.8. The highest BCUT2D eigenvalue weighted by molar-refractivity contribution is 5.70. The van der Waals surface area contributed by atoms with Gasteiger partial charge in [0.15, 0.2) is 11.5 Å². The van der Waals surface area contributed by atoms with Crippen LogP contribution in [0.4, 0.5) is 11.6 Å². The van der Waals surface area contributed by atoms with Gasteiger partial charge in [-0.05, 0) is 25.6 Å². The fraction of sp³-hybridized carbons (Fsp3) is 0.421. The van der Waals surface area contributed by atoms with Gasteiger partial charge < -0.3 is 15.1 Å². The summed E-state index contributed by atoms with van der Waals surface area (Å²) in [4.78, 5) is 18.4. The SMILES string of the molecule is CCCNc1nccn2c(-c3ccc(N4CCN(C)CC4)nc3)cnc12. The molecule has 1 fully saturated rings. The molecule has 0 saturated carbocycles. The van der Waals surface area contributed by atoms with Crippen molar-refractivity contribution in [1.29, 1.82) is 0 Å². The van der Waals surface area contributed by atoms with E-state index in [-0.39, 0.29) is 0 Å². The monoisotopic (exact) mass is 351 g/mol. The average Bonchev–Trinajstić information content (AvgIpc) is 3.12. The smallest absolute Gasteiger partial charge is 0.180 e. The Hall–Kier alpha value is -2.67. The lowest BCUT2D eigenvalue weighted by atomic mass is 10.2. The molecule has 4 rings (SSSR count). The summed E-state index contributed by atoms with van der Waals surface area (Å²) >= 11 is 0. The predicted octanol–water partition coefficient (Wildman–Crippen LogP) is 2.37. The van der Waals surface area contributed by atoms with Crippen LogP contribution in [0.25, 0.3) is 16.9 Å². The van der Waals surface area contributed by atoms with Gasteiger partial charge in [-0.2, -0.15) is 0 Å². The highest BCUT2D eigenvalue weighted by Gasteiger charge is 2.16. The van der Waals surface area contributed by atoms with Gasteiger partial charge in [-0.25, -0.2) is 15.0 Å². The standard InChI is InChI=1S/C19H25N7/c1-3-6-20-18-19-23-14-16(26(19)8-7-21-18)15-4-5-17(22-13-15)25-11-9-24(2)10-12-25/h4-5,7-8,13-14H,3,6,9-12H2,1-2H3,(H,20,21). The van der Waals surface area contributed by atoms with Crippen LogP contribution in [0.15, 0.2) is 36.9 Å². The molecule has 1 saturated heterocycles. The maximum atomic E-state index is 4.70. The first kappa shape index (κ1) is 16.8. The molecule has 3 aromatic heterocycles. The van der Waals surface area contributed by atoms with Crippen molar-refractivity contribution in [2.24, 2.45) is 0 Å². The van der Waals surface area contributed by atoms with Crippen molar-refractivity contribution in [3.63, 3.8) is 0 Å². The Kier molecular flexibility index (Phi) is 4.71. The maximum absolute atomic E-state index is 4.70. The number of likely N-dealkylation sites (N-methyl/N-ethyl adjacent to an activating group) is 1. The Labute approximate surface area is 153 Å². The first-order valence-electron chi connectivity index (χ1n) is 9.22. The number of pyridine rings is 1. The van der Waals surface area contributed by atoms with E-state index in [1.807, 2.05) is 24.8 Å². The molecule has 0 aromatic carbocycles. The summed E-state index contributed by atoms with van der Waals surface area (Å²) in [5.74, 6) is 1.87. The number of imidazole rings is 1. The van der Waals surface area contributed by atoms with Crippen LogP contribution in [-0.2, 0) is 0 Å². The van der Waals surface area contributed by atoms with E-state index < -0.39 is 0 Å². The van der Waals surface area contributed by atoms with E-state index in [9.17, 15) is 0 Å². The Bertz CT molecular complexity index is 863. The summed E-state index contributed by atoms with van der Waals surface area (Å²) in [6.45, 7) is 7.23. The zero-order valence-corrected chi connectivity index (χ0v) is 15.4. The van der Waals surface area contributed by atoms with Crippen molar-refractivity contribution < 1.29 is 0 Å². The van der Waals surface area contributed by atoms with Crippen LogP contribution in [0.5, 0.6) is 0 Å². The van der Waals surface area contributed by atoms with Gasteiger partial charge in [0.2, 0.25) is 0 Å². The van der Waals surface area contributed by atoms with Crippen molar-refractivity contribution in [2.75, 3.05) is 50.0 Å². The maximum Gasteiger partial charge on any atom is 0.180 e. The van der Waals surface area contributed by atoms with E-state index in [0.717, 1.165) is 67.7 Å². The molecule has 0 amide bonds. The second kappa shape index (κ2) is 7.29. The minimum absolute atomic E-state index is 0.822. The Morgan fingerprint density at radius 1 is 1.04 bits per heavy atom. The number of hydrogen-bond donors (Lipinski definition) is 1. The molecule has 7 nitrogen and oxygen atoms in total. The van der Waals surface area contributed by atoms with Gasteiger partial charge in [0.05, 0.1) is 11.9 Å². The van der Waals surface area contributed by atoms with Crippen molar-refractivity contribution in [1.82, 2.24) is 24.3 Å². The van der Waals surface area contributed by atoms with Crippen molar-refractivity contribution in [3.05, 3.63) is 36.9 Å². The second-order valence-corrected chi connectivity index (χ2v) is 6.74. The second-order valence-electron chi connectivity index (χ2n) is 6.74. The van der Waals surface area contributed by atoms with Gasteiger partial charge in [-0.15, -0.1) is 0 Å². The van der Waals surface area contributed by atoms with E-state index >= 15 is 0 Å². The number of hydrogen-bond acceptors (Lipinski definition) is 6. The third kappa shape index (κ3) is 3.22. The lowest BCUT2D eigenvalue weighted by molar-refractivity contribution is 0.312. The topological polar surface area (TPSA) is 61.6 Å². The summed E-state index contributed by atoms with van der Waals surface area (Å²) in [7, 11) is 2.16. The van der Waals surface area contributed by atoms with Crippen LogP contribution in [0.2, 0.25) is 0 Å². The van der Waals surface area contributed by atoms with Gasteiger partial charge in [0.25, 0.3) is 0 Å². The Balaban J connectivity index is 1.59. The van der Waals surface area contributed by atoms with Gasteiger partial charge in [-0.3, -0.25) is 4.40 Å². The quantitative estimate of drug-likeness (QED) is 0.761. The number of nitrogens with zero attached hydrogens (tertiary/aromatic N) is 6. The van der Waals surface area contributed by atoms with Gasteiger partial charge in [-0.1, -0.05) is 6.92 Å². The fourth-order valence-corrected chi connectivity index (χ4v) is 3.26. The molecular weight excluding hydrogens is 326 g/mol. The summed E-state index contributed by atoms with van der Waals surface area (Å²) in [5.41, 5.74) is 2.93. The first-order valence-corrected chi connectivity index (χ1v) is 9.22. The summed E-state index contributed by atoms with van der Waals surface area (Å²) < 4.78 is 2.07. The number of aromatic nitrogens is 4. The molecule has 1 aliphatic heterocycles. The van der Waals surface area contributed by atoms with E-state index in [1.54, 1.807) is 0 Å². The van der Waals surface area contributed by atoms with Crippen LogP contribution in [0.1, 0.15) is 13.3 Å². The number of piperazine rings is 1. The van der Waals surface area contributed by atoms with Crippen LogP contribution in [0, 0.1) is 0 Å². The van der Waals surface area contributed by atoms with Crippen LogP contribution in [-0.4, -0.2) is 64.0 Å². The van der Waals surface area contributed by atoms with Crippen LogP contribution >= 0.6 is 0 Å². The number of fused-ring (bicyclic) bond motifs is 1. The highest BCUT2D eigenvalue weighted by atomic mass is 15.3. The normalized spacial score (nSPS) is 15.5. The fourth-order valence-electron chi connectivity index (χ4n) is 3.26. The molecule has 0 radical (unpaired) electrons. The van der Waals surface area contributed by atoms with Gasteiger partial charge in [0, 0.05) is 56.9 Å². The molecular formula is C19H25N7. The number of rotatable bonds is 5. The molecule has 0 unspecified atom stereocenters. The molecule has 4 heterocycles. The Morgan fingerprint density at radius 2 is 1.88 bits per heavy atom. The summed E-state index contributed by atoms with van der Waals surface area (Å²) in [6.07, 6.45) is 8.64. The highest BCUT2D eigenvalue weighted by Crippen LogP contribution is 2.24. The van der Waals surface area contributed by atoms with E-state index in [2.05, 4.69) is 55.6 Å². The number of nitrogens with one attached hydrogen (secondary N) is 1. The average molecular weight is 351 g/mol. The third-order valence-electron chi connectivity index (χ3n) is 4.84. The lowest BCUT2D eigenvalue weighted by Crippen LogP contribution is -2.44. The molecule has 136 valence electrons. The number of anilines is 2. The van der Waals surface area contributed by atoms with Crippen LogP contribution in [0.3, 0.4) is 0 Å². The zero-order valence-electron chi connectivity index (χ0n) is 15.4. The molecule has 0 spiro atoms. The molecule has 3 aromatic rings. The van der Waals surface area contributed by atoms with Gasteiger partial charge >= 0.3 is 0 Å².